The van der Waals surface area contributed by atoms with Gasteiger partial charge in [0.05, 0.1) is 11.3 Å². The number of hydrogen-bond donors (Lipinski definition) is 1. The summed E-state index contributed by atoms with van der Waals surface area (Å²) in [5, 5.41) is 0.760. The van der Waals surface area contributed by atoms with Gasteiger partial charge in [-0.2, -0.15) is 0 Å². The highest BCUT2D eigenvalue weighted by atomic mass is 16.2. The Bertz CT molecular complexity index is 1060. The molecule has 25 heavy (non-hydrogen) atoms. The maximum absolute atomic E-state index is 13.0. The lowest BCUT2D eigenvalue weighted by molar-refractivity contribution is 0.0818. The minimum Gasteiger partial charge on any atom is -0.354 e. The highest BCUT2D eigenvalue weighted by Crippen LogP contribution is 2.31. The molecule has 1 aromatic heterocycles. The number of aromatic nitrogens is 1. The predicted octanol–water partition coefficient (Wildman–Crippen LogP) is 4.90. The second-order valence-electron chi connectivity index (χ2n) is 5.81. The molecule has 0 fully saturated rings. The van der Waals surface area contributed by atoms with Gasteiger partial charge in [0, 0.05) is 16.5 Å². The van der Waals surface area contributed by atoms with E-state index in [-0.39, 0.29) is 0 Å². The van der Waals surface area contributed by atoms with Crippen LogP contribution in [0.1, 0.15) is 20.7 Å². The van der Waals surface area contributed by atoms with Gasteiger partial charge in [-0.15, -0.1) is 0 Å². The topological polar surface area (TPSA) is 49.9 Å². The van der Waals surface area contributed by atoms with Crippen LogP contribution in [0.25, 0.3) is 22.2 Å². The van der Waals surface area contributed by atoms with Crippen molar-refractivity contribution in [2.75, 3.05) is 0 Å². The molecule has 0 unspecified atom stereocenters. The number of rotatable bonds is 4. The van der Waals surface area contributed by atoms with Crippen molar-refractivity contribution in [3.05, 3.63) is 96.1 Å². The Hall–Kier alpha value is -3.46. The lowest BCUT2D eigenvalue weighted by Crippen LogP contribution is -2.15. The first-order valence-corrected chi connectivity index (χ1v) is 8.06. The molecule has 0 saturated heterocycles. The highest BCUT2D eigenvalue weighted by Gasteiger charge is 2.25. The van der Waals surface area contributed by atoms with Crippen molar-refractivity contribution in [1.82, 2.24) is 4.98 Å². The molecular formula is C22H15NO2. The normalized spacial score (nSPS) is 10.7. The molecule has 0 spiro atoms. The zero-order valence-corrected chi connectivity index (χ0v) is 13.4. The third kappa shape index (κ3) is 2.66. The average Bonchev–Trinajstić information content (AvgIpc) is 3.08. The standard InChI is InChI=1S/C22H15NO2/c24-21(16-11-5-2-6-12-16)22(25)19-17-13-7-8-14-18(17)23-20(19)15-9-3-1-4-10-15/h1-14,23H. The molecule has 3 heteroatoms. The number of benzene rings is 3. The SMILES string of the molecule is O=C(C(=O)c1c(-c2ccccc2)[nH]c2ccccc12)c1ccccc1. The third-order valence-electron chi connectivity index (χ3n) is 4.24. The number of ketones is 2. The molecule has 0 atom stereocenters. The van der Waals surface area contributed by atoms with Crippen LogP contribution in [-0.4, -0.2) is 16.6 Å². The van der Waals surface area contributed by atoms with E-state index in [1.807, 2.05) is 60.7 Å². The van der Waals surface area contributed by atoms with Crippen molar-refractivity contribution in [2.45, 2.75) is 0 Å². The van der Waals surface area contributed by atoms with E-state index in [2.05, 4.69) is 4.98 Å². The molecule has 0 aliphatic carbocycles. The van der Waals surface area contributed by atoms with Gasteiger partial charge in [-0.05, 0) is 11.6 Å². The van der Waals surface area contributed by atoms with Crippen molar-refractivity contribution < 1.29 is 9.59 Å². The Labute approximate surface area is 144 Å². The molecule has 0 bridgehead atoms. The van der Waals surface area contributed by atoms with Gasteiger partial charge in [0.2, 0.25) is 11.6 Å². The van der Waals surface area contributed by atoms with E-state index in [9.17, 15) is 9.59 Å². The van der Waals surface area contributed by atoms with Crippen molar-refractivity contribution in [3.8, 4) is 11.3 Å². The second kappa shape index (κ2) is 6.21. The summed E-state index contributed by atoms with van der Waals surface area (Å²) in [7, 11) is 0. The van der Waals surface area contributed by atoms with Crippen LogP contribution in [0.5, 0.6) is 0 Å². The third-order valence-corrected chi connectivity index (χ3v) is 4.24. The summed E-state index contributed by atoms with van der Waals surface area (Å²) in [5.41, 5.74) is 3.22. The first kappa shape index (κ1) is 15.1. The average molecular weight is 325 g/mol. The summed E-state index contributed by atoms with van der Waals surface area (Å²) in [6.07, 6.45) is 0. The van der Waals surface area contributed by atoms with Gasteiger partial charge in [-0.1, -0.05) is 78.9 Å². The van der Waals surface area contributed by atoms with Gasteiger partial charge in [-0.25, -0.2) is 0 Å². The van der Waals surface area contributed by atoms with Gasteiger partial charge in [0.15, 0.2) is 0 Å². The minimum absolute atomic E-state index is 0.400. The molecular weight excluding hydrogens is 310 g/mol. The Morgan fingerprint density at radius 1 is 0.640 bits per heavy atom. The molecule has 3 nitrogen and oxygen atoms in total. The fourth-order valence-electron chi connectivity index (χ4n) is 3.03. The maximum atomic E-state index is 13.0. The first-order valence-electron chi connectivity index (χ1n) is 8.06. The fraction of sp³-hybridized carbons (Fsp3) is 0. The van der Waals surface area contributed by atoms with Crippen molar-refractivity contribution in [3.63, 3.8) is 0 Å². The second-order valence-corrected chi connectivity index (χ2v) is 5.81. The summed E-state index contributed by atoms with van der Waals surface area (Å²) < 4.78 is 0. The smallest absolute Gasteiger partial charge is 0.236 e. The number of H-pyrrole nitrogens is 1. The number of aromatic amines is 1. The molecule has 0 aliphatic heterocycles. The summed E-state index contributed by atoms with van der Waals surface area (Å²) >= 11 is 0. The summed E-state index contributed by atoms with van der Waals surface area (Å²) in [6.45, 7) is 0. The molecule has 0 radical (unpaired) electrons. The molecule has 0 amide bonds. The number of carbonyl (C=O) groups excluding carboxylic acids is 2. The molecule has 0 saturated carbocycles. The van der Waals surface area contributed by atoms with Crippen LogP contribution in [0, 0.1) is 0 Å². The Kier molecular flexibility index (Phi) is 3.75. The zero-order chi connectivity index (χ0) is 17.2. The predicted molar refractivity (Wildman–Crippen MR) is 98.8 cm³/mol. The summed E-state index contributed by atoms with van der Waals surface area (Å²) in [4.78, 5) is 29.0. The molecule has 1 N–H and O–H groups in total. The summed E-state index contributed by atoms with van der Waals surface area (Å²) in [6, 6.07) is 25.8. The van der Waals surface area contributed by atoms with E-state index < -0.39 is 11.6 Å². The number of carbonyl (C=O) groups is 2. The van der Waals surface area contributed by atoms with Crippen molar-refractivity contribution in [2.24, 2.45) is 0 Å². The van der Waals surface area contributed by atoms with E-state index >= 15 is 0 Å². The van der Waals surface area contributed by atoms with Crippen LogP contribution in [0.4, 0.5) is 0 Å². The largest absolute Gasteiger partial charge is 0.354 e. The van der Waals surface area contributed by atoms with Crippen LogP contribution in [-0.2, 0) is 0 Å². The number of para-hydroxylation sites is 1. The van der Waals surface area contributed by atoms with E-state index in [1.54, 1.807) is 24.3 Å². The lowest BCUT2D eigenvalue weighted by Gasteiger charge is -2.04. The van der Waals surface area contributed by atoms with Crippen LogP contribution < -0.4 is 0 Å². The fourth-order valence-corrected chi connectivity index (χ4v) is 3.03. The maximum Gasteiger partial charge on any atom is 0.236 e. The number of nitrogens with one attached hydrogen (secondary N) is 1. The number of fused-ring (bicyclic) bond motifs is 1. The highest BCUT2D eigenvalue weighted by molar-refractivity contribution is 6.51. The molecule has 3 aromatic carbocycles. The van der Waals surface area contributed by atoms with E-state index in [0.717, 1.165) is 16.5 Å². The van der Waals surface area contributed by atoms with Gasteiger partial charge >= 0.3 is 0 Å². The Balaban J connectivity index is 1.91. The summed E-state index contributed by atoms with van der Waals surface area (Å²) in [5.74, 6) is -0.995. The number of hydrogen-bond acceptors (Lipinski definition) is 2. The van der Waals surface area contributed by atoms with Crippen molar-refractivity contribution in [1.29, 1.82) is 0 Å². The van der Waals surface area contributed by atoms with Gasteiger partial charge in [0.1, 0.15) is 0 Å². The van der Waals surface area contributed by atoms with Gasteiger partial charge in [0.25, 0.3) is 0 Å². The zero-order valence-electron chi connectivity index (χ0n) is 13.4. The Morgan fingerprint density at radius 3 is 1.96 bits per heavy atom. The van der Waals surface area contributed by atoms with Crippen molar-refractivity contribution >= 4 is 22.5 Å². The van der Waals surface area contributed by atoms with Crippen LogP contribution in [0.3, 0.4) is 0 Å². The van der Waals surface area contributed by atoms with E-state index in [4.69, 9.17) is 0 Å². The lowest BCUT2D eigenvalue weighted by atomic mass is 9.96. The molecule has 0 aliphatic rings. The molecule has 120 valence electrons. The molecule has 1 heterocycles. The monoisotopic (exact) mass is 325 g/mol. The van der Waals surface area contributed by atoms with Crippen LogP contribution in [0.15, 0.2) is 84.9 Å². The first-order chi connectivity index (χ1) is 12.3. The van der Waals surface area contributed by atoms with Crippen LogP contribution in [0.2, 0.25) is 0 Å². The Morgan fingerprint density at radius 2 is 1.24 bits per heavy atom. The molecule has 4 rings (SSSR count). The molecule has 4 aromatic rings. The number of Topliss-reactive ketones (excluding diaryl/α,β-unsaturated/α-hetero) is 2. The quantitative estimate of drug-likeness (QED) is 0.428. The van der Waals surface area contributed by atoms with Gasteiger partial charge in [-0.3, -0.25) is 9.59 Å². The van der Waals surface area contributed by atoms with Gasteiger partial charge < -0.3 is 4.98 Å². The minimum atomic E-state index is -0.498. The van der Waals surface area contributed by atoms with Crippen LogP contribution >= 0.6 is 0 Å². The van der Waals surface area contributed by atoms with E-state index in [0.29, 0.717) is 16.8 Å². The van der Waals surface area contributed by atoms with E-state index in [1.165, 1.54) is 0 Å².